The molecule has 1 N–H and O–H groups in total. The highest BCUT2D eigenvalue weighted by Gasteiger charge is 2.28. The quantitative estimate of drug-likeness (QED) is 0.631. The smallest absolute Gasteiger partial charge is 0.303 e. The van der Waals surface area contributed by atoms with Gasteiger partial charge < -0.3 is 5.11 Å². The van der Waals surface area contributed by atoms with E-state index in [4.69, 9.17) is 5.11 Å². The largest absolute Gasteiger partial charge is 0.481 e. The Morgan fingerprint density at radius 1 is 1.73 bits per heavy atom. The van der Waals surface area contributed by atoms with Crippen LogP contribution in [0.3, 0.4) is 0 Å². The maximum atomic E-state index is 10.4. The van der Waals surface area contributed by atoms with E-state index in [2.05, 4.69) is 21.0 Å². The molecule has 1 rings (SSSR count). The normalized spacial score (nSPS) is 32.5. The molecule has 1 aliphatic heterocycles. The van der Waals surface area contributed by atoms with Crippen molar-refractivity contribution in [3.05, 3.63) is 0 Å². The van der Waals surface area contributed by atoms with Crippen molar-refractivity contribution in [1.82, 2.24) is 4.67 Å². The summed E-state index contributed by atoms with van der Waals surface area (Å²) in [5.41, 5.74) is 0. The molecule has 0 aromatic rings. The standard InChI is InChI=1S/C7H14NO2P/c1-5-3-8(11)4-6(5)2-7(9)10/h5-6H,2-4,11H2,1H3,(H,9,10). The van der Waals surface area contributed by atoms with Crippen LogP contribution in [0.4, 0.5) is 0 Å². The molecular weight excluding hydrogens is 161 g/mol. The molecule has 3 nitrogen and oxygen atoms in total. The fraction of sp³-hybridized carbons (Fsp3) is 0.857. The average molecular weight is 175 g/mol. The van der Waals surface area contributed by atoms with Crippen LogP contribution < -0.4 is 0 Å². The molecule has 1 fully saturated rings. The van der Waals surface area contributed by atoms with Crippen LogP contribution in [-0.4, -0.2) is 28.8 Å². The number of hydrogen-bond acceptors (Lipinski definition) is 2. The molecule has 0 aromatic heterocycles. The number of hydrogen-bond donors (Lipinski definition) is 1. The van der Waals surface area contributed by atoms with E-state index in [0.717, 1.165) is 13.1 Å². The lowest BCUT2D eigenvalue weighted by Crippen LogP contribution is -2.14. The van der Waals surface area contributed by atoms with Crippen molar-refractivity contribution in [2.24, 2.45) is 11.8 Å². The van der Waals surface area contributed by atoms with Gasteiger partial charge in [0.2, 0.25) is 0 Å². The molecule has 0 spiro atoms. The van der Waals surface area contributed by atoms with Gasteiger partial charge in [0.25, 0.3) is 0 Å². The molecule has 1 aliphatic rings. The SMILES string of the molecule is CC1CN(P)CC1CC(=O)O. The van der Waals surface area contributed by atoms with Crippen LogP contribution in [0.5, 0.6) is 0 Å². The van der Waals surface area contributed by atoms with Crippen LogP contribution in [-0.2, 0) is 4.79 Å². The van der Waals surface area contributed by atoms with Crippen molar-refractivity contribution < 1.29 is 9.90 Å². The topological polar surface area (TPSA) is 40.5 Å². The van der Waals surface area contributed by atoms with Gasteiger partial charge in [-0.15, -0.1) is 0 Å². The van der Waals surface area contributed by atoms with Gasteiger partial charge in [0.1, 0.15) is 0 Å². The van der Waals surface area contributed by atoms with E-state index < -0.39 is 5.97 Å². The molecule has 3 unspecified atom stereocenters. The van der Waals surface area contributed by atoms with Gasteiger partial charge in [-0.1, -0.05) is 16.3 Å². The first-order valence-electron chi connectivity index (χ1n) is 3.81. The molecule has 0 bridgehead atoms. The highest BCUT2D eigenvalue weighted by atomic mass is 31.0. The summed E-state index contributed by atoms with van der Waals surface area (Å²) in [6.07, 6.45) is 0.312. The lowest BCUT2D eigenvalue weighted by atomic mass is 9.95. The first-order chi connectivity index (χ1) is 5.09. The number of nitrogens with zero attached hydrogens (tertiary/aromatic N) is 1. The van der Waals surface area contributed by atoms with E-state index in [0.29, 0.717) is 18.3 Å². The first kappa shape index (κ1) is 8.95. The molecule has 0 saturated carbocycles. The molecular formula is C7H14NO2P. The molecule has 0 amide bonds. The summed E-state index contributed by atoms with van der Waals surface area (Å²) in [5.74, 6) is 0.177. The number of carboxylic acids is 1. The zero-order valence-corrected chi connectivity index (χ0v) is 7.81. The van der Waals surface area contributed by atoms with E-state index in [9.17, 15) is 4.79 Å². The minimum atomic E-state index is -0.679. The van der Waals surface area contributed by atoms with E-state index in [1.165, 1.54) is 0 Å². The predicted molar refractivity (Wildman–Crippen MR) is 46.2 cm³/mol. The van der Waals surface area contributed by atoms with E-state index in [1.54, 1.807) is 0 Å². The Morgan fingerprint density at radius 2 is 2.36 bits per heavy atom. The molecule has 1 heterocycles. The number of aliphatic carboxylic acids is 1. The maximum absolute atomic E-state index is 10.4. The number of carbonyl (C=O) groups is 1. The van der Waals surface area contributed by atoms with Crippen molar-refractivity contribution in [2.45, 2.75) is 13.3 Å². The Balaban J connectivity index is 2.40. The Kier molecular flexibility index (Phi) is 2.85. The first-order valence-corrected chi connectivity index (χ1v) is 4.32. The summed E-state index contributed by atoms with van der Waals surface area (Å²) < 4.78 is 2.11. The van der Waals surface area contributed by atoms with Gasteiger partial charge in [0.15, 0.2) is 0 Å². The van der Waals surface area contributed by atoms with E-state index in [1.807, 2.05) is 0 Å². The summed E-state index contributed by atoms with van der Waals surface area (Å²) in [6, 6.07) is 0. The highest BCUT2D eigenvalue weighted by molar-refractivity contribution is 7.13. The second-order valence-corrected chi connectivity index (χ2v) is 4.02. The van der Waals surface area contributed by atoms with Gasteiger partial charge in [-0.2, -0.15) is 0 Å². The zero-order valence-electron chi connectivity index (χ0n) is 6.66. The molecule has 3 atom stereocenters. The monoisotopic (exact) mass is 175 g/mol. The van der Waals surface area contributed by atoms with Gasteiger partial charge in [-0.25, -0.2) is 0 Å². The summed E-state index contributed by atoms with van der Waals surface area (Å²) in [6.45, 7) is 4.01. The third-order valence-corrected chi connectivity index (χ3v) is 2.65. The Labute approximate surface area is 69.0 Å². The Hall–Kier alpha value is -0.140. The molecule has 1 saturated heterocycles. The van der Waals surface area contributed by atoms with Crippen molar-refractivity contribution >= 4 is 15.4 Å². The summed E-state index contributed by atoms with van der Waals surface area (Å²) in [4.78, 5) is 10.4. The third-order valence-electron chi connectivity index (χ3n) is 2.23. The van der Waals surface area contributed by atoms with Crippen LogP contribution in [0.2, 0.25) is 0 Å². The lowest BCUT2D eigenvalue weighted by molar-refractivity contribution is -0.138. The van der Waals surface area contributed by atoms with Gasteiger partial charge in [0.05, 0.1) is 0 Å². The van der Waals surface area contributed by atoms with E-state index in [-0.39, 0.29) is 0 Å². The second kappa shape index (κ2) is 3.51. The van der Waals surface area contributed by atoms with Crippen molar-refractivity contribution in [2.75, 3.05) is 13.1 Å². The van der Waals surface area contributed by atoms with Crippen LogP contribution in [0, 0.1) is 11.8 Å². The lowest BCUT2D eigenvalue weighted by Gasteiger charge is -2.09. The Morgan fingerprint density at radius 3 is 2.73 bits per heavy atom. The highest BCUT2D eigenvalue weighted by Crippen LogP contribution is 2.27. The minimum Gasteiger partial charge on any atom is -0.481 e. The van der Waals surface area contributed by atoms with Crippen LogP contribution in [0.1, 0.15) is 13.3 Å². The van der Waals surface area contributed by atoms with Gasteiger partial charge in [0, 0.05) is 19.5 Å². The fourth-order valence-corrected chi connectivity index (χ4v) is 2.17. The van der Waals surface area contributed by atoms with Crippen molar-refractivity contribution in [3.8, 4) is 0 Å². The number of carboxylic acid groups (broad SMARTS) is 1. The zero-order chi connectivity index (χ0) is 8.43. The Bertz CT molecular complexity index is 163. The molecule has 4 heteroatoms. The van der Waals surface area contributed by atoms with Crippen LogP contribution >= 0.6 is 9.39 Å². The molecule has 0 radical (unpaired) electrons. The molecule has 64 valence electrons. The van der Waals surface area contributed by atoms with Crippen LogP contribution in [0.15, 0.2) is 0 Å². The summed E-state index contributed by atoms with van der Waals surface area (Å²) in [5, 5.41) is 8.55. The fourth-order valence-electron chi connectivity index (χ4n) is 1.56. The summed E-state index contributed by atoms with van der Waals surface area (Å²) >= 11 is 0. The van der Waals surface area contributed by atoms with Gasteiger partial charge >= 0.3 is 5.97 Å². The van der Waals surface area contributed by atoms with Gasteiger partial charge in [-0.05, 0) is 11.8 Å². The van der Waals surface area contributed by atoms with Crippen molar-refractivity contribution in [1.29, 1.82) is 0 Å². The van der Waals surface area contributed by atoms with E-state index >= 15 is 0 Å². The average Bonchev–Trinajstić information content (AvgIpc) is 2.09. The molecule has 0 aliphatic carbocycles. The summed E-state index contributed by atoms with van der Waals surface area (Å²) in [7, 11) is 2.62. The van der Waals surface area contributed by atoms with Crippen LogP contribution in [0.25, 0.3) is 0 Å². The maximum Gasteiger partial charge on any atom is 0.303 e. The minimum absolute atomic E-state index is 0.312. The van der Waals surface area contributed by atoms with Crippen molar-refractivity contribution in [3.63, 3.8) is 0 Å². The number of rotatable bonds is 2. The third kappa shape index (κ3) is 2.42. The van der Waals surface area contributed by atoms with Gasteiger partial charge in [-0.3, -0.25) is 9.46 Å². The molecule has 11 heavy (non-hydrogen) atoms. The second-order valence-electron chi connectivity index (χ2n) is 3.29. The molecule has 0 aromatic carbocycles. The predicted octanol–water partition coefficient (Wildman–Crippen LogP) is 0.819.